The molecule has 6 heteroatoms. The van der Waals surface area contributed by atoms with Crippen molar-refractivity contribution in [3.05, 3.63) is 77.9 Å². The van der Waals surface area contributed by atoms with Gasteiger partial charge in [-0.3, -0.25) is 0 Å². The summed E-state index contributed by atoms with van der Waals surface area (Å²) in [4.78, 5) is 2.55. The highest BCUT2D eigenvalue weighted by Crippen LogP contribution is 2.41. The number of phenols is 2. The molecule has 1 aliphatic rings. The zero-order chi connectivity index (χ0) is 25.5. The van der Waals surface area contributed by atoms with E-state index in [1.807, 2.05) is 0 Å². The molecule has 3 N–H and O–H groups in total. The van der Waals surface area contributed by atoms with Gasteiger partial charge in [0, 0.05) is 22.6 Å². The molecule has 0 amide bonds. The molecule has 190 valence electrons. The summed E-state index contributed by atoms with van der Waals surface area (Å²) in [7, 11) is 1.59. The number of hydrogen-bond acceptors (Lipinski definition) is 6. The standard InChI is InChI=1S/C22H18O5.C8H17N/c1-26-17-9-4-13(5-10-17)21(25)20-18-11-8-16(24)12-19(18)27-22(20)14-2-6-15(23)7-3-14;1-2-9-7-5-3-4-6-8-9/h2-12,21,23-25H,1H3;2-8H2,1H3. The second-order valence-electron chi connectivity index (χ2n) is 9.10. The van der Waals surface area contributed by atoms with E-state index in [1.54, 1.807) is 67.8 Å². The van der Waals surface area contributed by atoms with Crippen molar-refractivity contribution in [2.45, 2.75) is 38.7 Å². The van der Waals surface area contributed by atoms with Crippen molar-refractivity contribution < 1.29 is 24.5 Å². The lowest BCUT2D eigenvalue weighted by Crippen LogP contribution is -2.23. The summed E-state index contributed by atoms with van der Waals surface area (Å²) in [6.07, 6.45) is 4.82. The third-order valence-electron chi connectivity index (χ3n) is 6.69. The predicted octanol–water partition coefficient (Wildman–Crippen LogP) is 6.48. The van der Waals surface area contributed by atoms with Gasteiger partial charge in [0.1, 0.15) is 34.7 Å². The third-order valence-corrected chi connectivity index (χ3v) is 6.69. The van der Waals surface area contributed by atoms with Crippen LogP contribution in [0.4, 0.5) is 0 Å². The predicted molar refractivity (Wildman–Crippen MR) is 143 cm³/mol. The first-order chi connectivity index (χ1) is 17.5. The van der Waals surface area contributed by atoms with Gasteiger partial charge in [-0.15, -0.1) is 0 Å². The van der Waals surface area contributed by atoms with E-state index < -0.39 is 6.10 Å². The molecule has 0 saturated carbocycles. The molecular formula is C30H35NO5. The summed E-state index contributed by atoms with van der Waals surface area (Å²) in [5.74, 6) is 1.41. The highest BCUT2D eigenvalue weighted by atomic mass is 16.5. The van der Waals surface area contributed by atoms with Crippen molar-refractivity contribution in [3.8, 4) is 28.6 Å². The van der Waals surface area contributed by atoms with Gasteiger partial charge >= 0.3 is 0 Å². The second kappa shape index (κ2) is 12.0. The Morgan fingerprint density at radius 1 is 0.861 bits per heavy atom. The number of rotatable bonds is 5. The van der Waals surface area contributed by atoms with Gasteiger partial charge in [0.25, 0.3) is 0 Å². The van der Waals surface area contributed by atoms with E-state index in [0.717, 1.165) is 0 Å². The maximum atomic E-state index is 11.1. The van der Waals surface area contributed by atoms with Gasteiger partial charge < -0.3 is 29.4 Å². The van der Waals surface area contributed by atoms with Crippen LogP contribution in [-0.4, -0.2) is 47.0 Å². The van der Waals surface area contributed by atoms with Crippen molar-refractivity contribution in [3.63, 3.8) is 0 Å². The molecule has 4 aromatic rings. The maximum absolute atomic E-state index is 11.1. The number of ether oxygens (including phenoxy) is 1. The van der Waals surface area contributed by atoms with Crippen LogP contribution in [0.1, 0.15) is 49.8 Å². The lowest BCUT2D eigenvalue weighted by atomic mass is 9.96. The van der Waals surface area contributed by atoms with Gasteiger partial charge in [-0.05, 0) is 86.6 Å². The van der Waals surface area contributed by atoms with E-state index in [9.17, 15) is 15.3 Å². The van der Waals surface area contributed by atoms with Crippen molar-refractivity contribution in [1.82, 2.24) is 4.90 Å². The highest BCUT2D eigenvalue weighted by Gasteiger charge is 2.24. The Labute approximate surface area is 212 Å². The van der Waals surface area contributed by atoms with Gasteiger partial charge in [-0.2, -0.15) is 0 Å². The molecule has 1 unspecified atom stereocenters. The number of aromatic hydroxyl groups is 2. The zero-order valence-corrected chi connectivity index (χ0v) is 21.0. The van der Waals surface area contributed by atoms with Crippen LogP contribution in [0.5, 0.6) is 17.2 Å². The van der Waals surface area contributed by atoms with E-state index in [2.05, 4.69) is 11.8 Å². The van der Waals surface area contributed by atoms with E-state index in [0.29, 0.717) is 39.2 Å². The molecule has 5 rings (SSSR count). The fraction of sp³-hybridized carbons (Fsp3) is 0.333. The number of aliphatic hydroxyl groups is 1. The lowest BCUT2D eigenvalue weighted by molar-refractivity contribution is 0.221. The van der Waals surface area contributed by atoms with E-state index >= 15 is 0 Å². The molecule has 1 aliphatic heterocycles. The van der Waals surface area contributed by atoms with Crippen molar-refractivity contribution in [1.29, 1.82) is 0 Å². The fourth-order valence-corrected chi connectivity index (χ4v) is 4.61. The lowest BCUT2D eigenvalue weighted by Gasteiger charge is -2.15. The number of hydrogen-bond donors (Lipinski definition) is 3. The van der Waals surface area contributed by atoms with E-state index in [1.165, 1.54) is 51.4 Å². The Hall–Kier alpha value is -3.48. The van der Waals surface area contributed by atoms with Crippen LogP contribution >= 0.6 is 0 Å². The number of aliphatic hydroxyl groups excluding tert-OH is 1. The Bertz CT molecular complexity index is 1240. The molecule has 1 aromatic heterocycles. The summed E-state index contributed by atoms with van der Waals surface area (Å²) < 4.78 is 11.1. The summed E-state index contributed by atoms with van der Waals surface area (Å²) in [6.45, 7) is 6.19. The summed E-state index contributed by atoms with van der Waals surface area (Å²) in [5.41, 5.74) is 2.47. The minimum Gasteiger partial charge on any atom is -0.508 e. The average molecular weight is 490 g/mol. The summed E-state index contributed by atoms with van der Waals surface area (Å²) in [6, 6.07) is 18.5. The smallest absolute Gasteiger partial charge is 0.141 e. The molecule has 1 fully saturated rings. The van der Waals surface area contributed by atoms with Crippen molar-refractivity contribution in [2.75, 3.05) is 26.7 Å². The Morgan fingerprint density at radius 2 is 1.50 bits per heavy atom. The number of likely N-dealkylation sites (tertiary alicyclic amines) is 1. The van der Waals surface area contributed by atoms with Crippen LogP contribution < -0.4 is 4.74 Å². The van der Waals surface area contributed by atoms with Crippen LogP contribution in [0.3, 0.4) is 0 Å². The topological polar surface area (TPSA) is 86.3 Å². The van der Waals surface area contributed by atoms with Crippen molar-refractivity contribution >= 4 is 11.0 Å². The Morgan fingerprint density at radius 3 is 2.11 bits per heavy atom. The fourth-order valence-electron chi connectivity index (χ4n) is 4.61. The second-order valence-corrected chi connectivity index (χ2v) is 9.10. The molecule has 1 saturated heterocycles. The van der Waals surface area contributed by atoms with E-state index in [-0.39, 0.29) is 11.5 Å². The molecule has 1 atom stereocenters. The SMILES string of the molecule is CCN1CCCCCC1.COc1ccc(C(O)c2c(-c3ccc(O)cc3)oc3cc(O)ccc23)cc1. The monoisotopic (exact) mass is 489 g/mol. The summed E-state index contributed by atoms with van der Waals surface area (Å²) >= 11 is 0. The molecule has 0 aliphatic carbocycles. The van der Waals surface area contributed by atoms with Gasteiger partial charge in [0.15, 0.2) is 0 Å². The minimum atomic E-state index is -0.939. The first-order valence-corrected chi connectivity index (χ1v) is 12.6. The number of fused-ring (bicyclic) bond motifs is 1. The third kappa shape index (κ3) is 6.01. The first kappa shape index (κ1) is 25.6. The highest BCUT2D eigenvalue weighted by molar-refractivity contribution is 5.89. The minimum absolute atomic E-state index is 0.0824. The first-order valence-electron chi connectivity index (χ1n) is 12.6. The van der Waals surface area contributed by atoms with Crippen LogP contribution in [0, 0.1) is 0 Å². The van der Waals surface area contributed by atoms with Gasteiger partial charge in [0.05, 0.1) is 7.11 Å². The van der Waals surface area contributed by atoms with Gasteiger partial charge in [-0.25, -0.2) is 0 Å². The van der Waals surface area contributed by atoms with Crippen LogP contribution in [0.15, 0.2) is 71.1 Å². The van der Waals surface area contributed by atoms with E-state index in [4.69, 9.17) is 9.15 Å². The molecule has 36 heavy (non-hydrogen) atoms. The maximum Gasteiger partial charge on any atom is 0.141 e. The number of phenolic OH excluding ortho intramolecular Hbond substituents is 2. The van der Waals surface area contributed by atoms with Gasteiger partial charge in [0.2, 0.25) is 0 Å². The molecular weight excluding hydrogens is 454 g/mol. The quantitative estimate of drug-likeness (QED) is 0.297. The van der Waals surface area contributed by atoms with Gasteiger partial charge in [-0.1, -0.05) is 31.9 Å². The molecule has 6 nitrogen and oxygen atoms in total. The van der Waals surface area contributed by atoms with Crippen LogP contribution in [0.25, 0.3) is 22.3 Å². The van der Waals surface area contributed by atoms with Crippen molar-refractivity contribution in [2.24, 2.45) is 0 Å². The molecule has 0 bridgehead atoms. The number of furan rings is 1. The summed E-state index contributed by atoms with van der Waals surface area (Å²) in [5, 5.41) is 31.1. The largest absolute Gasteiger partial charge is 0.508 e. The average Bonchev–Trinajstić information content (AvgIpc) is 3.07. The molecule has 0 spiro atoms. The normalized spacial score (nSPS) is 15.1. The zero-order valence-electron chi connectivity index (χ0n) is 21.0. The molecule has 0 radical (unpaired) electrons. The Balaban J connectivity index is 0.000000286. The van der Waals surface area contributed by atoms with Crippen LogP contribution in [0.2, 0.25) is 0 Å². The van der Waals surface area contributed by atoms with Crippen LogP contribution in [-0.2, 0) is 0 Å². The Kier molecular flexibility index (Phi) is 8.52. The number of methoxy groups -OCH3 is 1. The number of benzene rings is 3. The number of nitrogens with zero attached hydrogens (tertiary/aromatic N) is 1. The molecule has 2 heterocycles. The molecule has 3 aromatic carbocycles.